The third kappa shape index (κ3) is 4.81. The van der Waals surface area contributed by atoms with Crippen molar-refractivity contribution in [3.63, 3.8) is 0 Å². The molecule has 1 atom stereocenters. The lowest BCUT2D eigenvalue weighted by atomic mass is 9.82. The molecule has 1 aromatic rings. The average molecular weight is 317 g/mol. The second-order valence-electron chi connectivity index (χ2n) is 6.82. The van der Waals surface area contributed by atoms with E-state index in [0.717, 1.165) is 18.8 Å². The smallest absolute Gasteiger partial charge is 0.315 e. The zero-order chi connectivity index (χ0) is 16.7. The van der Waals surface area contributed by atoms with Crippen LogP contribution in [0.15, 0.2) is 30.3 Å². The van der Waals surface area contributed by atoms with Gasteiger partial charge in [-0.3, -0.25) is 9.59 Å². The number of carboxylic acid groups (broad SMARTS) is 1. The molecule has 4 heteroatoms. The maximum atomic E-state index is 12.0. The van der Waals surface area contributed by atoms with E-state index in [-0.39, 0.29) is 12.5 Å². The molecular formula is C19H27NO3. The van der Waals surface area contributed by atoms with Gasteiger partial charge in [0, 0.05) is 13.0 Å². The molecule has 1 saturated carbocycles. The van der Waals surface area contributed by atoms with Crippen molar-refractivity contribution in [2.75, 3.05) is 6.54 Å². The summed E-state index contributed by atoms with van der Waals surface area (Å²) in [6.07, 6.45) is 7.74. The number of hydrogen-bond donors (Lipinski definition) is 2. The summed E-state index contributed by atoms with van der Waals surface area (Å²) in [5.41, 5.74) is -0.388. The molecule has 0 aromatic heterocycles. The minimum atomic E-state index is -1.09. The van der Waals surface area contributed by atoms with E-state index in [1.54, 1.807) is 19.1 Å². The number of carbonyl (C=O) groups excluding carboxylic acids is 1. The van der Waals surface area contributed by atoms with Gasteiger partial charge in [-0.2, -0.15) is 0 Å². The summed E-state index contributed by atoms with van der Waals surface area (Å²) in [6.45, 7) is 1.78. The van der Waals surface area contributed by atoms with Gasteiger partial charge in [-0.1, -0.05) is 56.0 Å². The number of rotatable bonds is 8. The Labute approximate surface area is 138 Å². The predicted octanol–water partition coefficient (Wildman–Crippen LogP) is 3.51. The van der Waals surface area contributed by atoms with Crippen molar-refractivity contribution in [2.24, 2.45) is 5.92 Å². The molecule has 1 aromatic carbocycles. The molecule has 23 heavy (non-hydrogen) atoms. The topological polar surface area (TPSA) is 66.4 Å². The number of carbonyl (C=O) groups is 2. The van der Waals surface area contributed by atoms with Gasteiger partial charge in [0.25, 0.3) is 0 Å². The Balaban J connectivity index is 1.81. The third-order valence-corrected chi connectivity index (χ3v) is 5.01. The van der Waals surface area contributed by atoms with E-state index in [1.807, 2.05) is 18.2 Å². The van der Waals surface area contributed by atoms with Gasteiger partial charge in [-0.15, -0.1) is 0 Å². The summed E-state index contributed by atoms with van der Waals surface area (Å²) >= 11 is 0. The first-order valence-electron chi connectivity index (χ1n) is 8.58. The van der Waals surface area contributed by atoms with E-state index in [0.29, 0.717) is 12.0 Å². The van der Waals surface area contributed by atoms with Gasteiger partial charge in [0.05, 0.1) is 0 Å². The fourth-order valence-corrected chi connectivity index (χ4v) is 3.32. The lowest BCUT2D eigenvalue weighted by Crippen LogP contribution is -2.44. The van der Waals surface area contributed by atoms with E-state index >= 15 is 0 Å². The van der Waals surface area contributed by atoms with E-state index in [1.165, 1.54) is 25.7 Å². The summed E-state index contributed by atoms with van der Waals surface area (Å²) in [6, 6.07) is 9.08. The van der Waals surface area contributed by atoms with Crippen LogP contribution < -0.4 is 5.32 Å². The molecule has 0 saturated heterocycles. The van der Waals surface area contributed by atoms with Gasteiger partial charge in [-0.25, -0.2) is 0 Å². The summed E-state index contributed by atoms with van der Waals surface area (Å²) < 4.78 is 0. The summed E-state index contributed by atoms with van der Waals surface area (Å²) in [4.78, 5) is 23.7. The van der Waals surface area contributed by atoms with Crippen molar-refractivity contribution in [3.05, 3.63) is 35.9 Å². The van der Waals surface area contributed by atoms with Crippen LogP contribution in [0.3, 0.4) is 0 Å². The molecule has 0 aliphatic heterocycles. The molecule has 0 heterocycles. The van der Waals surface area contributed by atoms with E-state index in [9.17, 15) is 14.7 Å². The summed E-state index contributed by atoms with van der Waals surface area (Å²) in [7, 11) is 0. The zero-order valence-electron chi connectivity index (χ0n) is 13.9. The summed E-state index contributed by atoms with van der Waals surface area (Å²) in [5, 5.41) is 12.4. The number of aliphatic carboxylic acids is 1. The number of carboxylic acids is 1. The van der Waals surface area contributed by atoms with Crippen LogP contribution in [0.4, 0.5) is 0 Å². The van der Waals surface area contributed by atoms with Crippen LogP contribution in [-0.4, -0.2) is 23.5 Å². The second kappa shape index (κ2) is 8.14. The Kier molecular flexibility index (Phi) is 6.20. The van der Waals surface area contributed by atoms with Gasteiger partial charge in [0.1, 0.15) is 5.41 Å². The first-order chi connectivity index (χ1) is 11.0. The van der Waals surface area contributed by atoms with E-state index in [2.05, 4.69) is 5.32 Å². The highest BCUT2D eigenvalue weighted by Gasteiger charge is 2.35. The molecule has 0 spiro atoms. The number of amides is 1. The first-order valence-corrected chi connectivity index (χ1v) is 8.58. The molecule has 4 nitrogen and oxygen atoms in total. The fourth-order valence-electron chi connectivity index (χ4n) is 3.32. The maximum Gasteiger partial charge on any atom is 0.315 e. The average Bonchev–Trinajstić information content (AvgIpc) is 3.06. The molecule has 0 radical (unpaired) electrons. The maximum absolute atomic E-state index is 12.0. The molecule has 126 valence electrons. The van der Waals surface area contributed by atoms with Gasteiger partial charge in [0.15, 0.2) is 0 Å². The van der Waals surface area contributed by atoms with Crippen LogP contribution in [0.5, 0.6) is 0 Å². The quantitative estimate of drug-likeness (QED) is 0.771. The molecule has 1 unspecified atom stereocenters. The minimum Gasteiger partial charge on any atom is -0.481 e. The van der Waals surface area contributed by atoms with Crippen molar-refractivity contribution in [1.29, 1.82) is 0 Å². The van der Waals surface area contributed by atoms with Crippen molar-refractivity contribution in [3.8, 4) is 0 Å². The Morgan fingerprint density at radius 1 is 1.22 bits per heavy atom. The van der Waals surface area contributed by atoms with Crippen LogP contribution in [0.25, 0.3) is 0 Å². The van der Waals surface area contributed by atoms with Gasteiger partial charge >= 0.3 is 5.97 Å². The lowest BCUT2D eigenvalue weighted by Gasteiger charge is -2.25. The normalized spacial score (nSPS) is 17.6. The van der Waals surface area contributed by atoms with Crippen molar-refractivity contribution in [1.82, 2.24) is 5.32 Å². The number of benzene rings is 1. The Bertz CT molecular complexity index is 523. The second-order valence-corrected chi connectivity index (χ2v) is 6.82. The van der Waals surface area contributed by atoms with Crippen LogP contribution in [0.1, 0.15) is 57.4 Å². The standard InChI is InChI=1S/C19H27NO3/c1-19(18(22)23,16-11-3-2-4-12-16)14-20-17(21)13-7-10-15-8-5-6-9-15/h2-4,11-12,15H,5-10,13-14H2,1H3,(H,20,21)(H,22,23). The van der Waals surface area contributed by atoms with E-state index in [4.69, 9.17) is 0 Å². The number of hydrogen-bond acceptors (Lipinski definition) is 2. The minimum absolute atomic E-state index is 0.0496. The summed E-state index contributed by atoms with van der Waals surface area (Å²) in [5.74, 6) is -0.183. The largest absolute Gasteiger partial charge is 0.481 e. The van der Waals surface area contributed by atoms with Crippen molar-refractivity contribution < 1.29 is 14.7 Å². The molecule has 1 amide bonds. The molecule has 2 N–H and O–H groups in total. The predicted molar refractivity (Wildman–Crippen MR) is 90.2 cm³/mol. The molecule has 1 aliphatic carbocycles. The third-order valence-electron chi connectivity index (χ3n) is 5.01. The molecule has 1 aliphatic rings. The Morgan fingerprint density at radius 2 is 1.87 bits per heavy atom. The Hall–Kier alpha value is -1.84. The van der Waals surface area contributed by atoms with Crippen LogP contribution in [0, 0.1) is 5.92 Å². The van der Waals surface area contributed by atoms with Gasteiger partial charge in [0.2, 0.25) is 5.91 Å². The van der Waals surface area contributed by atoms with E-state index < -0.39 is 11.4 Å². The van der Waals surface area contributed by atoms with Gasteiger partial charge < -0.3 is 10.4 Å². The van der Waals surface area contributed by atoms with Crippen molar-refractivity contribution >= 4 is 11.9 Å². The fraction of sp³-hybridized carbons (Fsp3) is 0.579. The molecule has 2 rings (SSSR count). The van der Waals surface area contributed by atoms with Gasteiger partial charge in [-0.05, 0) is 31.2 Å². The van der Waals surface area contributed by atoms with Crippen LogP contribution in [-0.2, 0) is 15.0 Å². The highest BCUT2D eigenvalue weighted by molar-refractivity contribution is 5.83. The monoisotopic (exact) mass is 317 g/mol. The molecular weight excluding hydrogens is 290 g/mol. The molecule has 1 fully saturated rings. The van der Waals surface area contributed by atoms with Crippen LogP contribution in [0.2, 0.25) is 0 Å². The van der Waals surface area contributed by atoms with Crippen LogP contribution >= 0.6 is 0 Å². The lowest BCUT2D eigenvalue weighted by molar-refractivity contribution is -0.143. The first kappa shape index (κ1) is 17.5. The Morgan fingerprint density at radius 3 is 2.48 bits per heavy atom. The van der Waals surface area contributed by atoms with Crippen molar-refractivity contribution in [2.45, 2.75) is 57.3 Å². The molecule has 0 bridgehead atoms. The highest BCUT2D eigenvalue weighted by atomic mass is 16.4. The highest BCUT2D eigenvalue weighted by Crippen LogP contribution is 2.29. The number of nitrogens with one attached hydrogen (secondary N) is 1. The zero-order valence-corrected chi connectivity index (χ0v) is 13.9. The SMILES string of the molecule is CC(CNC(=O)CCCC1CCCC1)(C(=O)O)c1ccccc1.